The molecule has 12 heavy (non-hydrogen) atoms. The number of hydrogen-bond donors (Lipinski definition) is 1. The summed E-state index contributed by atoms with van der Waals surface area (Å²) in [6, 6.07) is 6.92. The second-order valence-corrected chi connectivity index (χ2v) is 3.80. The van der Waals surface area contributed by atoms with Crippen LogP contribution in [-0.4, -0.2) is 6.04 Å². The van der Waals surface area contributed by atoms with Crippen LogP contribution < -0.4 is 5.73 Å². The minimum Gasteiger partial charge on any atom is -0.327 e. The van der Waals surface area contributed by atoms with Crippen molar-refractivity contribution in [3.63, 3.8) is 0 Å². The quantitative estimate of drug-likeness (QED) is 0.670. The molecule has 0 radical (unpaired) electrons. The normalized spacial score (nSPS) is 27.2. The third kappa shape index (κ3) is 1.14. The lowest BCUT2D eigenvalue weighted by Crippen LogP contribution is -2.02. The van der Waals surface area contributed by atoms with Crippen LogP contribution >= 0.6 is 0 Å². The molecule has 1 aromatic carbocycles. The monoisotopic (exact) mass is 161 g/mol. The zero-order chi connectivity index (χ0) is 8.72. The van der Waals surface area contributed by atoms with Gasteiger partial charge in [-0.3, -0.25) is 0 Å². The highest BCUT2D eigenvalue weighted by Gasteiger charge is 2.35. The van der Waals surface area contributed by atoms with Gasteiger partial charge < -0.3 is 5.73 Å². The molecule has 0 heterocycles. The molecule has 1 aliphatic rings. The van der Waals surface area contributed by atoms with E-state index in [1.54, 1.807) is 0 Å². The van der Waals surface area contributed by atoms with Crippen LogP contribution in [0, 0.1) is 13.8 Å². The summed E-state index contributed by atoms with van der Waals surface area (Å²) < 4.78 is 0. The van der Waals surface area contributed by atoms with E-state index in [1.165, 1.54) is 23.1 Å². The lowest BCUT2D eigenvalue weighted by atomic mass is 10.00. The molecule has 0 aromatic heterocycles. The Morgan fingerprint density at radius 1 is 1.33 bits per heavy atom. The predicted molar refractivity (Wildman–Crippen MR) is 51.2 cm³/mol. The first-order chi connectivity index (χ1) is 5.70. The summed E-state index contributed by atoms with van der Waals surface area (Å²) in [6.45, 7) is 4.35. The Morgan fingerprint density at radius 2 is 2.00 bits per heavy atom. The Bertz CT molecular complexity index is 304. The molecule has 1 saturated carbocycles. The van der Waals surface area contributed by atoms with Gasteiger partial charge in [0.2, 0.25) is 0 Å². The SMILES string of the molecule is Cc1cccc([C@@H]2C[C@H]2N)c1C. The van der Waals surface area contributed by atoms with Crippen LogP contribution in [0.25, 0.3) is 0 Å². The summed E-state index contributed by atoms with van der Waals surface area (Å²) in [5.74, 6) is 0.643. The molecule has 1 aliphatic carbocycles. The minimum atomic E-state index is 0.422. The maximum absolute atomic E-state index is 5.82. The summed E-state index contributed by atoms with van der Waals surface area (Å²) in [5.41, 5.74) is 10.1. The molecule has 2 rings (SSSR count). The van der Waals surface area contributed by atoms with Gasteiger partial charge in [-0.05, 0) is 37.0 Å². The largest absolute Gasteiger partial charge is 0.327 e. The molecule has 1 nitrogen and oxygen atoms in total. The van der Waals surface area contributed by atoms with Gasteiger partial charge in [0.25, 0.3) is 0 Å². The maximum Gasteiger partial charge on any atom is 0.0115 e. The molecule has 1 heteroatoms. The highest BCUT2D eigenvalue weighted by Crippen LogP contribution is 2.40. The molecule has 0 unspecified atom stereocenters. The first-order valence-corrected chi connectivity index (χ1v) is 4.52. The molecular formula is C11H15N. The van der Waals surface area contributed by atoms with E-state index in [0.717, 1.165) is 0 Å². The van der Waals surface area contributed by atoms with E-state index in [-0.39, 0.29) is 0 Å². The third-order valence-corrected chi connectivity index (χ3v) is 2.89. The molecular weight excluding hydrogens is 146 g/mol. The van der Waals surface area contributed by atoms with Gasteiger partial charge in [0.15, 0.2) is 0 Å². The van der Waals surface area contributed by atoms with Crippen LogP contribution in [0.15, 0.2) is 18.2 Å². The van der Waals surface area contributed by atoms with Crippen LogP contribution in [0.3, 0.4) is 0 Å². The maximum atomic E-state index is 5.82. The second kappa shape index (κ2) is 2.60. The number of rotatable bonds is 1. The molecule has 2 atom stereocenters. The summed E-state index contributed by atoms with van der Waals surface area (Å²) >= 11 is 0. The van der Waals surface area contributed by atoms with E-state index < -0.39 is 0 Å². The van der Waals surface area contributed by atoms with E-state index in [9.17, 15) is 0 Å². The molecule has 1 aromatic rings. The molecule has 0 amide bonds. The first kappa shape index (κ1) is 7.81. The van der Waals surface area contributed by atoms with Crippen LogP contribution in [0.5, 0.6) is 0 Å². The highest BCUT2D eigenvalue weighted by atomic mass is 14.7. The minimum absolute atomic E-state index is 0.422. The van der Waals surface area contributed by atoms with E-state index in [4.69, 9.17) is 5.73 Å². The van der Waals surface area contributed by atoms with Crippen molar-refractivity contribution in [1.82, 2.24) is 0 Å². The van der Waals surface area contributed by atoms with Crippen molar-refractivity contribution >= 4 is 0 Å². The summed E-state index contributed by atoms with van der Waals surface area (Å²) in [4.78, 5) is 0. The fourth-order valence-corrected chi connectivity index (χ4v) is 1.75. The lowest BCUT2D eigenvalue weighted by Gasteiger charge is -2.06. The molecule has 2 N–H and O–H groups in total. The highest BCUT2D eigenvalue weighted by molar-refractivity contribution is 5.39. The van der Waals surface area contributed by atoms with Gasteiger partial charge >= 0.3 is 0 Å². The van der Waals surface area contributed by atoms with Crippen LogP contribution in [0.4, 0.5) is 0 Å². The molecule has 64 valence electrons. The number of aryl methyl sites for hydroxylation is 1. The van der Waals surface area contributed by atoms with Gasteiger partial charge in [-0.1, -0.05) is 18.2 Å². The van der Waals surface area contributed by atoms with Crippen LogP contribution in [0.1, 0.15) is 29.0 Å². The van der Waals surface area contributed by atoms with Crippen molar-refractivity contribution in [2.45, 2.75) is 32.2 Å². The standard InChI is InChI=1S/C11H15N/c1-7-4-3-5-9(8(7)2)10-6-11(10)12/h3-5,10-11H,6,12H2,1-2H3/t10-,11+/m0/s1. The van der Waals surface area contributed by atoms with E-state index in [0.29, 0.717) is 12.0 Å². The van der Waals surface area contributed by atoms with E-state index in [1.807, 2.05) is 0 Å². The summed E-state index contributed by atoms with van der Waals surface area (Å²) in [5, 5.41) is 0. The van der Waals surface area contributed by atoms with Crippen LogP contribution in [0.2, 0.25) is 0 Å². The smallest absolute Gasteiger partial charge is 0.0115 e. The summed E-state index contributed by atoms with van der Waals surface area (Å²) in [6.07, 6.45) is 1.17. The van der Waals surface area contributed by atoms with E-state index in [2.05, 4.69) is 32.0 Å². The lowest BCUT2D eigenvalue weighted by molar-refractivity contribution is 0.976. The van der Waals surface area contributed by atoms with Gasteiger partial charge in [-0.25, -0.2) is 0 Å². The van der Waals surface area contributed by atoms with Crippen LogP contribution in [-0.2, 0) is 0 Å². The van der Waals surface area contributed by atoms with Gasteiger partial charge in [-0.15, -0.1) is 0 Å². The Hall–Kier alpha value is -0.820. The van der Waals surface area contributed by atoms with Crippen molar-refractivity contribution in [2.75, 3.05) is 0 Å². The molecule has 0 spiro atoms. The van der Waals surface area contributed by atoms with Gasteiger partial charge in [0.05, 0.1) is 0 Å². The zero-order valence-corrected chi connectivity index (χ0v) is 7.67. The molecule has 0 saturated heterocycles. The number of hydrogen-bond acceptors (Lipinski definition) is 1. The topological polar surface area (TPSA) is 26.0 Å². The van der Waals surface area contributed by atoms with Gasteiger partial charge in [0, 0.05) is 12.0 Å². The Balaban J connectivity index is 2.38. The number of benzene rings is 1. The summed E-state index contributed by atoms with van der Waals surface area (Å²) in [7, 11) is 0. The Morgan fingerprint density at radius 3 is 2.58 bits per heavy atom. The second-order valence-electron chi connectivity index (χ2n) is 3.80. The van der Waals surface area contributed by atoms with Gasteiger partial charge in [0.1, 0.15) is 0 Å². The molecule has 0 aliphatic heterocycles. The van der Waals surface area contributed by atoms with Crippen molar-refractivity contribution in [1.29, 1.82) is 0 Å². The van der Waals surface area contributed by atoms with Crippen molar-refractivity contribution in [2.24, 2.45) is 5.73 Å². The van der Waals surface area contributed by atoms with Crippen molar-refractivity contribution < 1.29 is 0 Å². The predicted octanol–water partition coefficient (Wildman–Crippen LogP) is 2.12. The average molecular weight is 161 g/mol. The molecule has 1 fully saturated rings. The third-order valence-electron chi connectivity index (χ3n) is 2.89. The first-order valence-electron chi connectivity index (χ1n) is 4.52. The fraction of sp³-hybridized carbons (Fsp3) is 0.455. The molecule has 0 bridgehead atoms. The van der Waals surface area contributed by atoms with Crippen molar-refractivity contribution in [3.05, 3.63) is 34.9 Å². The Labute approximate surface area is 73.6 Å². The van der Waals surface area contributed by atoms with Gasteiger partial charge in [-0.2, -0.15) is 0 Å². The fourth-order valence-electron chi connectivity index (χ4n) is 1.75. The van der Waals surface area contributed by atoms with Crippen molar-refractivity contribution in [3.8, 4) is 0 Å². The zero-order valence-electron chi connectivity index (χ0n) is 7.67. The average Bonchev–Trinajstić information content (AvgIpc) is 2.73. The van der Waals surface area contributed by atoms with E-state index >= 15 is 0 Å². The number of nitrogens with two attached hydrogens (primary N) is 1. The Kier molecular flexibility index (Phi) is 1.69.